The van der Waals surface area contributed by atoms with Crippen molar-refractivity contribution in [1.82, 2.24) is 10.0 Å². The zero-order valence-electron chi connectivity index (χ0n) is 4.50. The quantitative estimate of drug-likeness (QED) is 0.432. The number of hydrogen-bond acceptors (Lipinski definition) is 4. The molecule has 0 saturated heterocycles. The lowest BCUT2D eigenvalue weighted by Crippen LogP contribution is -2.17. The summed E-state index contributed by atoms with van der Waals surface area (Å²) in [6.07, 6.45) is 0. The third kappa shape index (κ3) is 0.792. The van der Waals surface area contributed by atoms with Crippen molar-refractivity contribution in [3.8, 4) is 0 Å². The minimum atomic E-state index is 0.806. The van der Waals surface area contributed by atoms with E-state index in [2.05, 4.69) is 10.4 Å². The Morgan fingerprint density at radius 2 is 1.57 bits per heavy atom. The average molecular weight is 100 g/mol. The van der Waals surface area contributed by atoms with Crippen LogP contribution in [0.1, 0.15) is 0 Å². The maximum atomic E-state index is 3.70. The monoisotopic (exact) mass is 100 g/mol. The summed E-state index contributed by atoms with van der Waals surface area (Å²) in [6, 6.07) is 0. The molecule has 0 spiro atoms. The molecule has 0 N–H and O–H groups in total. The molecule has 1 aliphatic heterocycles. The van der Waals surface area contributed by atoms with E-state index in [9.17, 15) is 0 Å². The van der Waals surface area contributed by atoms with Gasteiger partial charge in [0, 0.05) is 14.1 Å². The zero-order valence-corrected chi connectivity index (χ0v) is 4.50. The summed E-state index contributed by atoms with van der Waals surface area (Å²) in [5.41, 5.74) is 0. The molecule has 7 heavy (non-hydrogen) atoms. The Morgan fingerprint density at radius 3 is 1.71 bits per heavy atom. The molecule has 0 unspecified atom stereocenters. The maximum absolute atomic E-state index is 3.70. The van der Waals surface area contributed by atoms with Gasteiger partial charge in [0.1, 0.15) is 6.67 Å². The minimum absolute atomic E-state index is 0.806. The normalized spacial score (nSPS) is 19.1. The zero-order chi connectivity index (χ0) is 5.28. The molecule has 0 aromatic rings. The molecule has 0 fully saturated rings. The first-order valence-electron chi connectivity index (χ1n) is 2.13. The van der Waals surface area contributed by atoms with E-state index in [1.54, 1.807) is 10.0 Å². The van der Waals surface area contributed by atoms with Crippen molar-refractivity contribution < 1.29 is 0 Å². The first-order valence-corrected chi connectivity index (χ1v) is 2.13. The van der Waals surface area contributed by atoms with Crippen LogP contribution in [0.2, 0.25) is 0 Å². The highest BCUT2D eigenvalue weighted by Gasteiger charge is 2.03. The fourth-order valence-electron chi connectivity index (χ4n) is 0.489. The molecule has 0 saturated carbocycles. The topological polar surface area (TPSA) is 31.2 Å². The smallest absolute Gasteiger partial charge is 0.126 e. The molecule has 1 aliphatic rings. The second kappa shape index (κ2) is 1.36. The molecule has 1 heterocycles. The third-order valence-electron chi connectivity index (χ3n) is 0.755. The van der Waals surface area contributed by atoms with E-state index in [4.69, 9.17) is 0 Å². The van der Waals surface area contributed by atoms with Crippen LogP contribution >= 0.6 is 0 Å². The summed E-state index contributed by atoms with van der Waals surface area (Å²) in [6.45, 7) is 0.806. The highest BCUT2D eigenvalue weighted by atomic mass is 15.8. The number of rotatable bonds is 0. The van der Waals surface area contributed by atoms with Crippen molar-refractivity contribution in [1.29, 1.82) is 0 Å². The second-order valence-corrected chi connectivity index (χ2v) is 1.64. The number of hydrogen-bond donors (Lipinski definition) is 0. The Balaban J connectivity index is 2.42. The van der Waals surface area contributed by atoms with Crippen LogP contribution in [-0.4, -0.2) is 30.8 Å². The molecule has 4 heteroatoms. The molecular weight excluding hydrogens is 92.1 g/mol. The van der Waals surface area contributed by atoms with Crippen LogP contribution in [0.4, 0.5) is 0 Å². The van der Waals surface area contributed by atoms with Crippen LogP contribution < -0.4 is 0 Å². The average Bonchev–Trinajstić information content (AvgIpc) is 1.87. The lowest BCUT2D eigenvalue weighted by atomic mass is 10.9. The van der Waals surface area contributed by atoms with E-state index in [0.29, 0.717) is 0 Å². The SMILES string of the molecule is CN1CN(C)N=N1. The van der Waals surface area contributed by atoms with Gasteiger partial charge in [-0.15, -0.1) is 0 Å². The molecule has 0 aliphatic carbocycles. The summed E-state index contributed by atoms with van der Waals surface area (Å²) >= 11 is 0. The summed E-state index contributed by atoms with van der Waals surface area (Å²) in [5, 5.41) is 10.9. The summed E-state index contributed by atoms with van der Waals surface area (Å²) in [4.78, 5) is 0. The van der Waals surface area contributed by atoms with Crippen LogP contribution in [-0.2, 0) is 0 Å². The van der Waals surface area contributed by atoms with Crippen LogP contribution in [0.5, 0.6) is 0 Å². The van der Waals surface area contributed by atoms with Gasteiger partial charge in [0.25, 0.3) is 0 Å². The molecule has 0 atom stereocenters. The second-order valence-electron chi connectivity index (χ2n) is 1.64. The Labute approximate surface area is 42.4 Å². The molecule has 40 valence electrons. The van der Waals surface area contributed by atoms with Gasteiger partial charge in [0.05, 0.1) is 0 Å². The van der Waals surface area contributed by atoms with Crippen LogP contribution in [0.3, 0.4) is 0 Å². The molecule has 0 radical (unpaired) electrons. The first kappa shape index (κ1) is 4.36. The Hall–Kier alpha value is -0.800. The van der Waals surface area contributed by atoms with Crippen molar-refractivity contribution in [2.24, 2.45) is 10.4 Å². The van der Waals surface area contributed by atoms with Gasteiger partial charge in [-0.1, -0.05) is 10.4 Å². The molecular formula is C3H8N4. The summed E-state index contributed by atoms with van der Waals surface area (Å²) < 4.78 is 0. The fraction of sp³-hybridized carbons (Fsp3) is 1.00. The summed E-state index contributed by atoms with van der Waals surface area (Å²) in [7, 11) is 3.76. The van der Waals surface area contributed by atoms with E-state index in [1.807, 2.05) is 14.1 Å². The van der Waals surface area contributed by atoms with Gasteiger partial charge in [-0.25, -0.2) is 0 Å². The minimum Gasteiger partial charge on any atom is -0.259 e. The molecule has 0 bridgehead atoms. The lowest BCUT2D eigenvalue weighted by Gasteiger charge is -2.04. The van der Waals surface area contributed by atoms with Gasteiger partial charge >= 0.3 is 0 Å². The van der Waals surface area contributed by atoms with Crippen molar-refractivity contribution >= 4 is 0 Å². The Morgan fingerprint density at radius 1 is 1.14 bits per heavy atom. The van der Waals surface area contributed by atoms with Gasteiger partial charge < -0.3 is 0 Å². The van der Waals surface area contributed by atoms with Gasteiger partial charge in [0.15, 0.2) is 0 Å². The highest BCUT2D eigenvalue weighted by Crippen LogP contribution is 1.98. The molecule has 0 amide bonds. The first-order chi connectivity index (χ1) is 3.29. The van der Waals surface area contributed by atoms with Crippen molar-refractivity contribution in [2.75, 3.05) is 20.8 Å². The van der Waals surface area contributed by atoms with Gasteiger partial charge in [0.2, 0.25) is 0 Å². The molecule has 0 aromatic heterocycles. The van der Waals surface area contributed by atoms with E-state index >= 15 is 0 Å². The predicted molar refractivity (Wildman–Crippen MR) is 25.2 cm³/mol. The molecule has 4 nitrogen and oxygen atoms in total. The number of nitrogens with zero attached hydrogens (tertiary/aromatic N) is 4. The van der Waals surface area contributed by atoms with E-state index in [1.165, 1.54) is 0 Å². The predicted octanol–water partition coefficient (Wildman–Crippen LogP) is 0.103. The Bertz CT molecular complexity index is 78.9. The van der Waals surface area contributed by atoms with Crippen molar-refractivity contribution in [3.05, 3.63) is 0 Å². The fourth-order valence-corrected chi connectivity index (χ4v) is 0.489. The van der Waals surface area contributed by atoms with Crippen LogP contribution in [0.25, 0.3) is 0 Å². The highest BCUT2D eigenvalue weighted by molar-refractivity contribution is 4.42. The van der Waals surface area contributed by atoms with E-state index in [-0.39, 0.29) is 0 Å². The van der Waals surface area contributed by atoms with Crippen LogP contribution in [0, 0.1) is 0 Å². The molecule has 0 aromatic carbocycles. The van der Waals surface area contributed by atoms with Gasteiger partial charge in [-0.3, -0.25) is 10.0 Å². The lowest BCUT2D eigenvalue weighted by molar-refractivity contribution is 0.278. The Kier molecular flexibility index (Phi) is 0.850. The van der Waals surface area contributed by atoms with E-state index in [0.717, 1.165) is 6.67 Å². The van der Waals surface area contributed by atoms with Crippen LogP contribution in [0.15, 0.2) is 10.4 Å². The summed E-state index contributed by atoms with van der Waals surface area (Å²) in [5.74, 6) is 0. The molecule has 1 rings (SSSR count). The maximum Gasteiger partial charge on any atom is 0.126 e. The van der Waals surface area contributed by atoms with Gasteiger partial charge in [-0.05, 0) is 0 Å². The van der Waals surface area contributed by atoms with Crippen molar-refractivity contribution in [2.45, 2.75) is 0 Å². The van der Waals surface area contributed by atoms with Gasteiger partial charge in [-0.2, -0.15) is 0 Å². The standard InChI is InChI=1S/C3H8N4/c1-6-3-7(2)5-4-6/h3H2,1-2H3. The third-order valence-corrected chi connectivity index (χ3v) is 0.755. The van der Waals surface area contributed by atoms with E-state index < -0.39 is 0 Å². The van der Waals surface area contributed by atoms with Crippen molar-refractivity contribution in [3.63, 3.8) is 0 Å². The largest absolute Gasteiger partial charge is 0.259 e.